The zero-order valence-electron chi connectivity index (χ0n) is 5.97. The molecule has 1 aliphatic heterocycles. The van der Waals surface area contributed by atoms with E-state index in [1.54, 1.807) is 0 Å². The fraction of sp³-hybridized carbons (Fsp3) is 0.833. The van der Waals surface area contributed by atoms with Crippen molar-refractivity contribution in [3.8, 4) is 0 Å². The molecule has 0 spiro atoms. The van der Waals surface area contributed by atoms with Crippen molar-refractivity contribution >= 4 is 17.3 Å². The van der Waals surface area contributed by atoms with Crippen molar-refractivity contribution in [3.05, 3.63) is 0 Å². The minimum Gasteiger partial charge on any atom is -0.375 e. The van der Waals surface area contributed by atoms with Crippen LogP contribution in [-0.4, -0.2) is 23.2 Å². The normalized spacial score (nSPS) is 20.4. The first-order valence-corrected chi connectivity index (χ1v) is 4.01. The van der Waals surface area contributed by atoms with Gasteiger partial charge in [0.15, 0.2) is 5.11 Å². The average Bonchev–Trinajstić information content (AvgIpc) is 1.88. The van der Waals surface area contributed by atoms with Crippen LogP contribution in [0.3, 0.4) is 0 Å². The van der Waals surface area contributed by atoms with Gasteiger partial charge in [0.1, 0.15) is 0 Å². The Morgan fingerprint density at radius 2 is 1.90 bits per heavy atom. The molecule has 1 heterocycles. The molecule has 1 rings (SSSR count). The molecule has 4 heteroatoms. The number of thiocarbonyl (C=S) groups is 1. The maximum absolute atomic E-state index is 5.30. The smallest absolute Gasteiger partial charge is 0.178 e. The zero-order chi connectivity index (χ0) is 7.40. The van der Waals surface area contributed by atoms with Gasteiger partial charge in [0.2, 0.25) is 0 Å². The summed E-state index contributed by atoms with van der Waals surface area (Å²) >= 11 is 4.70. The number of nitrogens with two attached hydrogens (primary N) is 1. The lowest BCUT2D eigenvalue weighted by molar-refractivity contribution is 0.195. The topological polar surface area (TPSA) is 41.3 Å². The molecule has 1 aliphatic rings. The van der Waals surface area contributed by atoms with Crippen LogP contribution in [-0.2, 0) is 0 Å². The molecule has 10 heavy (non-hydrogen) atoms. The van der Waals surface area contributed by atoms with E-state index in [9.17, 15) is 0 Å². The predicted molar refractivity (Wildman–Crippen MR) is 45.3 cm³/mol. The van der Waals surface area contributed by atoms with Crippen molar-refractivity contribution in [1.29, 1.82) is 0 Å². The number of rotatable bonds is 1. The van der Waals surface area contributed by atoms with Crippen LogP contribution < -0.4 is 11.2 Å². The number of hydrogen-bond acceptors (Lipinski definition) is 2. The van der Waals surface area contributed by atoms with E-state index in [0.717, 1.165) is 13.1 Å². The fourth-order valence-corrected chi connectivity index (χ4v) is 1.29. The molecule has 3 nitrogen and oxygen atoms in total. The van der Waals surface area contributed by atoms with Gasteiger partial charge in [-0.3, -0.25) is 5.43 Å². The molecular formula is C6H13N3S. The molecule has 0 saturated carbocycles. The van der Waals surface area contributed by atoms with Gasteiger partial charge in [-0.1, -0.05) is 6.42 Å². The van der Waals surface area contributed by atoms with Crippen molar-refractivity contribution in [2.24, 2.45) is 5.73 Å². The number of nitrogens with one attached hydrogen (secondary N) is 1. The molecule has 0 unspecified atom stereocenters. The summed E-state index contributed by atoms with van der Waals surface area (Å²) in [6.07, 6.45) is 3.82. The van der Waals surface area contributed by atoms with Gasteiger partial charge in [0, 0.05) is 13.1 Å². The lowest BCUT2D eigenvalue weighted by Gasteiger charge is -2.26. The van der Waals surface area contributed by atoms with Crippen LogP contribution in [0.25, 0.3) is 0 Å². The number of piperidine rings is 1. The lowest BCUT2D eigenvalue weighted by Crippen LogP contribution is -2.47. The third-order valence-corrected chi connectivity index (χ3v) is 1.72. The summed E-state index contributed by atoms with van der Waals surface area (Å²) in [4.78, 5) is 0. The summed E-state index contributed by atoms with van der Waals surface area (Å²) in [5.74, 6) is 0. The van der Waals surface area contributed by atoms with E-state index in [1.165, 1.54) is 19.3 Å². The SMILES string of the molecule is NC(=S)NN1CCCCC1. The maximum Gasteiger partial charge on any atom is 0.178 e. The highest BCUT2D eigenvalue weighted by molar-refractivity contribution is 7.80. The van der Waals surface area contributed by atoms with Crippen LogP contribution in [0.2, 0.25) is 0 Å². The van der Waals surface area contributed by atoms with Crippen LogP contribution in [0.15, 0.2) is 0 Å². The molecule has 58 valence electrons. The van der Waals surface area contributed by atoms with Gasteiger partial charge < -0.3 is 5.73 Å². The molecule has 0 aromatic carbocycles. The zero-order valence-corrected chi connectivity index (χ0v) is 6.78. The van der Waals surface area contributed by atoms with Gasteiger partial charge in [-0.15, -0.1) is 0 Å². The van der Waals surface area contributed by atoms with Crippen molar-refractivity contribution < 1.29 is 0 Å². The first-order valence-electron chi connectivity index (χ1n) is 3.60. The number of hydrogen-bond donors (Lipinski definition) is 2. The number of nitrogens with zero attached hydrogens (tertiary/aromatic N) is 1. The van der Waals surface area contributed by atoms with E-state index in [1.807, 2.05) is 0 Å². The van der Waals surface area contributed by atoms with Gasteiger partial charge in [-0.25, -0.2) is 5.01 Å². The van der Waals surface area contributed by atoms with E-state index in [-0.39, 0.29) is 0 Å². The van der Waals surface area contributed by atoms with Crippen molar-refractivity contribution in [2.45, 2.75) is 19.3 Å². The van der Waals surface area contributed by atoms with Gasteiger partial charge in [0.25, 0.3) is 0 Å². The minimum absolute atomic E-state index is 0.377. The summed E-state index contributed by atoms with van der Waals surface area (Å²) in [6, 6.07) is 0. The van der Waals surface area contributed by atoms with Gasteiger partial charge in [-0.2, -0.15) is 0 Å². The lowest BCUT2D eigenvalue weighted by atomic mass is 10.2. The first-order chi connectivity index (χ1) is 4.79. The van der Waals surface area contributed by atoms with Gasteiger partial charge in [0.05, 0.1) is 0 Å². The van der Waals surface area contributed by atoms with E-state index >= 15 is 0 Å². The largest absolute Gasteiger partial charge is 0.375 e. The Hall–Kier alpha value is -0.350. The van der Waals surface area contributed by atoms with E-state index in [0.29, 0.717) is 5.11 Å². The van der Waals surface area contributed by atoms with Crippen LogP contribution in [0.5, 0.6) is 0 Å². The molecule has 1 fully saturated rings. The highest BCUT2D eigenvalue weighted by Crippen LogP contribution is 2.05. The summed E-state index contributed by atoms with van der Waals surface area (Å²) in [7, 11) is 0. The Kier molecular flexibility index (Phi) is 2.89. The summed E-state index contributed by atoms with van der Waals surface area (Å²) in [5.41, 5.74) is 8.23. The van der Waals surface area contributed by atoms with E-state index in [4.69, 9.17) is 18.0 Å². The molecule has 0 amide bonds. The summed E-state index contributed by atoms with van der Waals surface area (Å²) in [6.45, 7) is 2.13. The molecule has 0 atom stereocenters. The van der Waals surface area contributed by atoms with Crippen molar-refractivity contribution in [2.75, 3.05) is 13.1 Å². The minimum atomic E-state index is 0.377. The Morgan fingerprint density at radius 1 is 1.30 bits per heavy atom. The monoisotopic (exact) mass is 159 g/mol. The van der Waals surface area contributed by atoms with Crippen LogP contribution in [0.1, 0.15) is 19.3 Å². The molecule has 0 aromatic rings. The van der Waals surface area contributed by atoms with Gasteiger partial charge >= 0.3 is 0 Å². The summed E-state index contributed by atoms with van der Waals surface area (Å²) in [5, 5.41) is 2.45. The van der Waals surface area contributed by atoms with Crippen LogP contribution >= 0.6 is 12.2 Å². The molecule has 0 radical (unpaired) electrons. The molecule has 3 N–H and O–H groups in total. The molecule has 1 saturated heterocycles. The quantitative estimate of drug-likeness (QED) is 0.537. The Balaban J connectivity index is 2.19. The second kappa shape index (κ2) is 3.73. The first kappa shape index (κ1) is 7.75. The molecule has 0 bridgehead atoms. The number of hydrazine groups is 1. The van der Waals surface area contributed by atoms with E-state index < -0.39 is 0 Å². The Labute approximate surface area is 66.5 Å². The predicted octanol–water partition coefficient (Wildman–Crippen LogP) is 0.220. The van der Waals surface area contributed by atoms with Gasteiger partial charge in [-0.05, 0) is 25.1 Å². The third kappa shape index (κ3) is 2.49. The summed E-state index contributed by atoms with van der Waals surface area (Å²) < 4.78 is 0. The van der Waals surface area contributed by atoms with Crippen molar-refractivity contribution in [1.82, 2.24) is 10.4 Å². The highest BCUT2D eigenvalue weighted by Gasteiger charge is 2.08. The molecule has 0 aromatic heterocycles. The second-order valence-corrected chi connectivity index (χ2v) is 2.96. The highest BCUT2D eigenvalue weighted by atomic mass is 32.1. The van der Waals surface area contributed by atoms with Crippen LogP contribution in [0.4, 0.5) is 0 Å². The van der Waals surface area contributed by atoms with Crippen molar-refractivity contribution in [3.63, 3.8) is 0 Å². The third-order valence-electron chi connectivity index (χ3n) is 1.62. The fourth-order valence-electron chi connectivity index (χ4n) is 1.16. The molecule has 0 aliphatic carbocycles. The second-order valence-electron chi connectivity index (χ2n) is 2.52. The van der Waals surface area contributed by atoms with Crippen LogP contribution in [0, 0.1) is 0 Å². The Bertz CT molecular complexity index is 120. The maximum atomic E-state index is 5.30. The Morgan fingerprint density at radius 3 is 2.40 bits per heavy atom. The van der Waals surface area contributed by atoms with E-state index in [2.05, 4.69) is 10.4 Å². The molecular weight excluding hydrogens is 146 g/mol. The standard InChI is InChI=1S/C6H13N3S/c7-6(10)8-9-4-2-1-3-5-9/h1-5H2,(H3,7,8,10). The average molecular weight is 159 g/mol.